The van der Waals surface area contributed by atoms with E-state index in [0.29, 0.717) is 35.9 Å². The fraction of sp³-hybridized carbons (Fsp3) is 0.667. The highest BCUT2D eigenvalue weighted by Gasteiger charge is 2.54. The number of piperidine rings is 2. The Morgan fingerprint density at radius 3 is 1.33 bits per heavy atom. The van der Waals surface area contributed by atoms with Crippen LogP contribution in [0, 0.1) is 23.5 Å². The Morgan fingerprint density at radius 1 is 0.600 bits per heavy atom. The standard InChI is InChI=1S/2C27H36FN3O4/c2*1-26(2,32)19-11-22(12-19)35-24-4-3-20(28)13-23(24)18-5-8-30(9-6-18)21-14-27(34-15-21)16-31(17-27)25-29-7-10-33-25/h2*3-4,7,10,13,18-19,21-22,32H,5-6,8-9,11-12,14-17H2,1-2H3/t2*19?,21-,22?/m00/s1. The molecule has 2 spiro atoms. The zero-order valence-electron chi connectivity index (χ0n) is 41.3. The first-order valence-electron chi connectivity index (χ1n) is 26.0. The molecule has 2 aromatic heterocycles. The third-order valence-corrected chi connectivity index (χ3v) is 17.4. The van der Waals surface area contributed by atoms with Gasteiger partial charge in [-0.3, -0.25) is 9.80 Å². The van der Waals surface area contributed by atoms with Crippen molar-refractivity contribution >= 4 is 12.0 Å². The summed E-state index contributed by atoms with van der Waals surface area (Å²) in [6.45, 7) is 16.2. The summed E-state index contributed by atoms with van der Waals surface area (Å²) in [5, 5.41) is 20.4. The van der Waals surface area contributed by atoms with Crippen LogP contribution in [0.3, 0.4) is 0 Å². The summed E-state index contributed by atoms with van der Waals surface area (Å²) in [7, 11) is 0. The lowest BCUT2D eigenvalue weighted by Gasteiger charge is -2.46. The van der Waals surface area contributed by atoms with Gasteiger partial charge >= 0.3 is 0 Å². The minimum atomic E-state index is -0.672. The minimum absolute atomic E-state index is 0.0800. The number of oxazole rings is 2. The van der Waals surface area contributed by atoms with E-state index in [1.165, 1.54) is 12.1 Å². The quantitative estimate of drug-likeness (QED) is 0.142. The molecule has 0 amide bonds. The van der Waals surface area contributed by atoms with Gasteiger partial charge in [0.2, 0.25) is 0 Å². The summed E-state index contributed by atoms with van der Waals surface area (Å²) in [5.41, 5.74) is 0.488. The number of ether oxygens (including phenoxy) is 4. The largest absolute Gasteiger partial charge is 0.490 e. The molecule has 2 atom stereocenters. The number of anilines is 2. The van der Waals surface area contributed by atoms with E-state index in [-0.39, 0.29) is 46.9 Å². The topological polar surface area (TPSA) is 142 Å². The number of hydrogen-bond acceptors (Lipinski definition) is 14. The molecule has 8 aliphatic rings. The van der Waals surface area contributed by atoms with Crippen LogP contribution in [0.5, 0.6) is 11.5 Å². The molecule has 14 nitrogen and oxygen atoms in total. The number of aliphatic hydroxyl groups is 2. The summed E-state index contributed by atoms with van der Waals surface area (Å²) in [4.78, 5) is 17.8. The average Bonchev–Trinajstić information content (AvgIpc) is 4.13. The van der Waals surface area contributed by atoms with E-state index in [9.17, 15) is 19.0 Å². The molecule has 2 N–H and O–H groups in total. The molecule has 2 saturated carbocycles. The van der Waals surface area contributed by atoms with Crippen molar-refractivity contribution in [3.63, 3.8) is 0 Å². The Bertz CT molecular complexity index is 2200. The lowest BCUT2D eigenvalue weighted by atomic mass is 9.72. The van der Waals surface area contributed by atoms with Crippen molar-refractivity contribution in [2.24, 2.45) is 11.8 Å². The van der Waals surface area contributed by atoms with Crippen LogP contribution in [0.25, 0.3) is 0 Å². The molecule has 2 aromatic carbocycles. The fourth-order valence-electron chi connectivity index (χ4n) is 12.7. The third-order valence-electron chi connectivity index (χ3n) is 17.4. The molecule has 380 valence electrons. The Labute approximate surface area is 410 Å². The first kappa shape index (κ1) is 48.0. The molecule has 4 aromatic rings. The van der Waals surface area contributed by atoms with Gasteiger partial charge in [0.1, 0.15) is 46.9 Å². The minimum Gasteiger partial charge on any atom is -0.490 e. The van der Waals surface area contributed by atoms with Gasteiger partial charge in [0.05, 0.1) is 75.2 Å². The van der Waals surface area contributed by atoms with Crippen molar-refractivity contribution in [2.45, 2.75) is 150 Å². The smallest absolute Gasteiger partial charge is 0.297 e. The van der Waals surface area contributed by atoms with Crippen LogP contribution in [-0.2, 0) is 9.47 Å². The van der Waals surface area contributed by atoms with Gasteiger partial charge in [-0.1, -0.05) is 0 Å². The Hall–Kier alpha value is -4.32. The second-order valence-corrected chi connectivity index (χ2v) is 23.2. The molecule has 6 aliphatic heterocycles. The highest BCUT2D eigenvalue weighted by Crippen LogP contribution is 2.46. The van der Waals surface area contributed by atoms with Crippen LogP contribution in [0.2, 0.25) is 0 Å². The number of benzene rings is 2. The predicted octanol–water partition coefficient (Wildman–Crippen LogP) is 7.94. The molecule has 0 unspecified atom stereocenters. The SMILES string of the molecule is CC(C)(O)C1CC(Oc2ccc(F)cc2C2CCN([C@@H]3COC4(C3)CN(c3ncco3)C4)CC2)C1.CC(C)(O)C1CC(Oc2ccc(F)cc2C2CCN([C@@H]3COC4(C3)CN(c3ncco3)C4)CC2)C1. The summed E-state index contributed by atoms with van der Waals surface area (Å²) in [6, 6.07) is 12.1. The molecule has 0 radical (unpaired) electrons. The first-order valence-corrected chi connectivity index (χ1v) is 26.0. The van der Waals surface area contributed by atoms with Crippen LogP contribution < -0.4 is 19.3 Å². The first-order chi connectivity index (χ1) is 33.6. The predicted molar refractivity (Wildman–Crippen MR) is 258 cm³/mol. The number of aromatic nitrogens is 2. The maximum absolute atomic E-state index is 14.2. The van der Waals surface area contributed by atoms with Gasteiger partial charge in [-0.05, 0) is 178 Å². The molecule has 70 heavy (non-hydrogen) atoms. The number of halogens is 2. The number of likely N-dealkylation sites (tertiary alicyclic amines) is 2. The zero-order chi connectivity index (χ0) is 48.4. The second kappa shape index (κ2) is 18.9. The Balaban J connectivity index is 0.000000152. The van der Waals surface area contributed by atoms with Crippen LogP contribution in [0.4, 0.5) is 20.8 Å². The van der Waals surface area contributed by atoms with E-state index >= 15 is 0 Å². The summed E-state index contributed by atoms with van der Waals surface area (Å²) in [6.07, 6.45) is 16.2. The van der Waals surface area contributed by atoms with Gasteiger partial charge in [-0.15, -0.1) is 0 Å². The van der Waals surface area contributed by atoms with E-state index in [4.69, 9.17) is 27.8 Å². The summed E-state index contributed by atoms with van der Waals surface area (Å²) in [5.74, 6) is 2.32. The van der Waals surface area contributed by atoms with Gasteiger partial charge in [0, 0.05) is 23.2 Å². The van der Waals surface area contributed by atoms with Gasteiger partial charge in [0.25, 0.3) is 12.0 Å². The van der Waals surface area contributed by atoms with Crippen LogP contribution >= 0.6 is 0 Å². The molecule has 16 heteroatoms. The molecular weight excluding hydrogens is 899 g/mol. The van der Waals surface area contributed by atoms with Crippen LogP contribution in [-0.4, -0.2) is 142 Å². The maximum Gasteiger partial charge on any atom is 0.297 e. The highest BCUT2D eigenvalue weighted by atomic mass is 19.1. The Kier molecular flexibility index (Phi) is 13.0. The summed E-state index contributed by atoms with van der Waals surface area (Å²) < 4.78 is 64.4. The molecule has 8 fully saturated rings. The average molecular weight is 971 g/mol. The summed E-state index contributed by atoms with van der Waals surface area (Å²) >= 11 is 0. The third kappa shape index (κ3) is 10.1. The highest BCUT2D eigenvalue weighted by molar-refractivity contribution is 5.40. The van der Waals surface area contributed by atoms with Crippen molar-refractivity contribution < 1.29 is 46.8 Å². The molecule has 0 bridgehead atoms. The fourth-order valence-corrected chi connectivity index (χ4v) is 12.7. The number of nitrogens with zero attached hydrogens (tertiary/aromatic N) is 6. The Morgan fingerprint density at radius 2 is 0.986 bits per heavy atom. The normalized spacial score (nSPS) is 29.3. The van der Waals surface area contributed by atoms with Crippen molar-refractivity contribution in [3.8, 4) is 11.5 Å². The van der Waals surface area contributed by atoms with E-state index in [1.807, 2.05) is 27.7 Å². The maximum atomic E-state index is 14.2. The second-order valence-electron chi connectivity index (χ2n) is 23.2. The van der Waals surface area contributed by atoms with E-state index in [2.05, 4.69) is 29.6 Å². The van der Waals surface area contributed by atoms with E-state index in [1.54, 1.807) is 49.2 Å². The zero-order valence-corrected chi connectivity index (χ0v) is 41.3. The van der Waals surface area contributed by atoms with Gasteiger partial charge < -0.3 is 47.8 Å². The molecule has 8 heterocycles. The van der Waals surface area contributed by atoms with Gasteiger partial charge in [-0.2, -0.15) is 0 Å². The number of rotatable bonds is 12. The van der Waals surface area contributed by atoms with Gasteiger partial charge in [-0.25, -0.2) is 18.7 Å². The van der Waals surface area contributed by atoms with Crippen LogP contribution in [0.15, 0.2) is 70.2 Å². The van der Waals surface area contributed by atoms with E-state index < -0.39 is 11.2 Å². The monoisotopic (exact) mass is 971 g/mol. The lowest BCUT2D eigenvalue weighted by Crippen LogP contribution is -2.62. The number of hydrogen-bond donors (Lipinski definition) is 2. The molecule has 2 aliphatic carbocycles. The van der Waals surface area contributed by atoms with Crippen molar-refractivity contribution in [2.75, 3.05) is 75.4 Å². The van der Waals surface area contributed by atoms with Crippen molar-refractivity contribution in [1.82, 2.24) is 19.8 Å². The van der Waals surface area contributed by atoms with E-state index in [0.717, 1.165) is 152 Å². The van der Waals surface area contributed by atoms with Crippen molar-refractivity contribution in [1.29, 1.82) is 0 Å². The molecule has 6 saturated heterocycles. The lowest BCUT2D eigenvalue weighted by molar-refractivity contribution is -0.0677. The molecular formula is C54H72F2N6O8. The van der Waals surface area contributed by atoms with Crippen LogP contribution in [0.1, 0.15) is 115 Å². The van der Waals surface area contributed by atoms with Gasteiger partial charge in [0.15, 0.2) is 0 Å². The van der Waals surface area contributed by atoms with Crippen molar-refractivity contribution in [3.05, 3.63) is 84.1 Å². The molecule has 12 rings (SSSR count).